The Balaban J connectivity index is 2.83. The highest BCUT2D eigenvalue weighted by atomic mass is 19.1. The molecule has 3 heteroatoms. The van der Waals surface area contributed by atoms with E-state index in [2.05, 4.69) is 0 Å². The number of benzene rings is 1. The van der Waals surface area contributed by atoms with Crippen molar-refractivity contribution in [3.63, 3.8) is 0 Å². The van der Waals surface area contributed by atoms with Crippen molar-refractivity contribution in [3.8, 4) is 0 Å². The van der Waals surface area contributed by atoms with Crippen molar-refractivity contribution in [3.05, 3.63) is 35.6 Å². The summed E-state index contributed by atoms with van der Waals surface area (Å²) < 4.78 is 12.7. The summed E-state index contributed by atoms with van der Waals surface area (Å²) >= 11 is 0. The van der Waals surface area contributed by atoms with Crippen LogP contribution in [0.15, 0.2) is 24.3 Å². The van der Waals surface area contributed by atoms with E-state index in [1.54, 1.807) is 12.1 Å². The maximum Gasteiger partial charge on any atom is 0.123 e. The Morgan fingerprint density at radius 2 is 1.93 bits per heavy atom. The van der Waals surface area contributed by atoms with Crippen LogP contribution in [0.4, 0.5) is 4.39 Å². The Labute approximate surface area is 89.9 Å². The number of hydrogen-bond donors (Lipinski definition) is 2. The molecule has 0 radical (unpaired) electrons. The first-order chi connectivity index (χ1) is 7.19. The van der Waals surface area contributed by atoms with Gasteiger partial charge in [0.2, 0.25) is 0 Å². The Morgan fingerprint density at radius 3 is 2.40 bits per heavy atom. The minimum absolute atomic E-state index is 0.0163. The second-order valence-corrected chi connectivity index (χ2v) is 3.74. The number of nitrogens with two attached hydrogens (primary N) is 1. The van der Waals surface area contributed by atoms with Crippen molar-refractivity contribution in [1.82, 2.24) is 0 Å². The zero-order valence-corrected chi connectivity index (χ0v) is 8.99. The highest BCUT2D eigenvalue weighted by Gasteiger charge is 2.17. The molecule has 1 aromatic carbocycles. The standard InChI is InChI=1S/C12H18FNO/c1-2-12(14)11(7-8-15)9-3-5-10(13)6-4-9/h3-6,11-12,15H,2,7-8,14H2,1H3. The van der Waals surface area contributed by atoms with Crippen LogP contribution in [0.1, 0.15) is 31.2 Å². The Morgan fingerprint density at radius 1 is 1.33 bits per heavy atom. The summed E-state index contributed by atoms with van der Waals surface area (Å²) in [4.78, 5) is 0. The molecule has 0 fully saturated rings. The van der Waals surface area contributed by atoms with Crippen molar-refractivity contribution in [1.29, 1.82) is 0 Å². The maximum absolute atomic E-state index is 12.7. The van der Waals surface area contributed by atoms with Gasteiger partial charge in [0.25, 0.3) is 0 Å². The third-order valence-electron chi connectivity index (χ3n) is 2.73. The summed E-state index contributed by atoms with van der Waals surface area (Å²) in [6.45, 7) is 2.12. The molecule has 15 heavy (non-hydrogen) atoms. The molecular weight excluding hydrogens is 193 g/mol. The van der Waals surface area contributed by atoms with Crippen LogP contribution in [0.5, 0.6) is 0 Å². The molecule has 0 aliphatic carbocycles. The van der Waals surface area contributed by atoms with Gasteiger partial charge in [-0.25, -0.2) is 4.39 Å². The third-order valence-corrected chi connectivity index (χ3v) is 2.73. The molecule has 2 atom stereocenters. The van der Waals surface area contributed by atoms with Crippen LogP contribution >= 0.6 is 0 Å². The van der Waals surface area contributed by atoms with Gasteiger partial charge in [0.05, 0.1) is 0 Å². The van der Waals surface area contributed by atoms with Crippen LogP contribution in [0.25, 0.3) is 0 Å². The van der Waals surface area contributed by atoms with Crippen molar-refractivity contribution in [2.45, 2.75) is 31.7 Å². The van der Waals surface area contributed by atoms with E-state index < -0.39 is 0 Å². The fraction of sp³-hybridized carbons (Fsp3) is 0.500. The second kappa shape index (κ2) is 5.83. The summed E-state index contributed by atoms with van der Waals surface area (Å²) in [5, 5.41) is 8.97. The van der Waals surface area contributed by atoms with E-state index in [1.165, 1.54) is 12.1 Å². The molecule has 0 heterocycles. The lowest BCUT2D eigenvalue weighted by atomic mass is 9.88. The summed E-state index contributed by atoms with van der Waals surface area (Å²) in [5.41, 5.74) is 6.97. The number of aliphatic hydroxyl groups is 1. The van der Waals surface area contributed by atoms with Crippen LogP contribution in [0, 0.1) is 5.82 Å². The average Bonchev–Trinajstić information content (AvgIpc) is 2.26. The van der Waals surface area contributed by atoms with Gasteiger partial charge >= 0.3 is 0 Å². The largest absolute Gasteiger partial charge is 0.396 e. The van der Waals surface area contributed by atoms with E-state index in [4.69, 9.17) is 10.8 Å². The normalized spacial score (nSPS) is 14.9. The monoisotopic (exact) mass is 211 g/mol. The van der Waals surface area contributed by atoms with E-state index in [0.29, 0.717) is 6.42 Å². The van der Waals surface area contributed by atoms with Gasteiger partial charge in [0, 0.05) is 18.6 Å². The van der Waals surface area contributed by atoms with Gasteiger partial charge in [-0.15, -0.1) is 0 Å². The molecule has 0 aromatic heterocycles. The van der Waals surface area contributed by atoms with E-state index in [0.717, 1.165) is 12.0 Å². The number of halogens is 1. The Bertz CT molecular complexity index is 286. The zero-order chi connectivity index (χ0) is 11.3. The van der Waals surface area contributed by atoms with E-state index in [1.807, 2.05) is 6.92 Å². The summed E-state index contributed by atoms with van der Waals surface area (Å²) in [7, 11) is 0. The molecule has 2 unspecified atom stereocenters. The predicted octanol–water partition coefficient (Wildman–Crippen LogP) is 2.03. The fourth-order valence-electron chi connectivity index (χ4n) is 1.76. The van der Waals surface area contributed by atoms with Crippen molar-refractivity contribution < 1.29 is 9.50 Å². The number of aliphatic hydroxyl groups excluding tert-OH is 1. The maximum atomic E-state index is 12.7. The molecule has 0 saturated heterocycles. The van der Waals surface area contributed by atoms with Gasteiger partial charge in [-0.05, 0) is 30.5 Å². The average molecular weight is 211 g/mol. The molecule has 0 bridgehead atoms. The van der Waals surface area contributed by atoms with E-state index in [9.17, 15) is 4.39 Å². The number of hydrogen-bond acceptors (Lipinski definition) is 2. The van der Waals surface area contributed by atoms with Crippen molar-refractivity contribution in [2.75, 3.05) is 6.61 Å². The van der Waals surface area contributed by atoms with Crippen LogP contribution in [0.2, 0.25) is 0 Å². The fourth-order valence-corrected chi connectivity index (χ4v) is 1.76. The molecule has 0 aliphatic heterocycles. The lowest BCUT2D eigenvalue weighted by Gasteiger charge is -2.22. The summed E-state index contributed by atoms with van der Waals surface area (Å²) in [6.07, 6.45) is 1.47. The first-order valence-electron chi connectivity index (χ1n) is 5.31. The highest BCUT2D eigenvalue weighted by molar-refractivity contribution is 5.22. The van der Waals surface area contributed by atoms with Crippen LogP contribution < -0.4 is 5.73 Å². The number of rotatable bonds is 5. The molecular formula is C12H18FNO. The molecule has 0 aliphatic rings. The summed E-state index contributed by atoms with van der Waals surface area (Å²) in [6, 6.07) is 6.36. The molecule has 1 aromatic rings. The molecule has 0 saturated carbocycles. The van der Waals surface area contributed by atoms with Crippen molar-refractivity contribution in [2.24, 2.45) is 5.73 Å². The topological polar surface area (TPSA) is 46.2 Å². The highest BCUT2D eigenvalue weighted by Crippen LogP contribution is 2.24. The molecule has 2 nitrogen and oxygen atoms in total. The SMILES string of the molecule is CCC(N)C(CCO)c1ccc(F)cc1. The van der Waals surface area contributed by atoms with Gasteiger partial charge in [-0.2, -0.15) is 0 Å². The first kappa shape index (κ1) is 12.1. The van der Waals surface area contributed by atoms with Gasteiger partial charge in [0.1, 0.15) is 5.82 Å². The molecule has 1 rings (SSSR count). The van der Waals surface area contributed by atoms with Gasteiger partial charge in [-0.3, -0.25) is 0 Å². The lowest BCUT2D eigenvalue weighted by molar-refractivity contribution is 0.266. The van der Waals surface area contributed by atoms with Gasteiger partial charge in [-0.1, -0.05) is 19.1 Å². The quantitative estimate of drug-likeness (QED) is 0.782. The predicted molar refractivity (Wildman–Crippen MR) is 59.1 cm³/mol. The van der Waals surface area contributed by atoms with Crippen LogP contribution in [-0.2, 0) is 0 Å². The van der Waals surface area contributed by atoms with E-state index in [-0.39, 0.29) is 24.4 Å². The third kappa shape index (κ3) is 3.29. The Hall–Kier alpha value is -0.930. The first-order valence-corrected chi connectivity index (χ1v) is 5.31. The second-order valence-electron chi connectivity index (χ2n) is 3.74. The minimum atomic E-state index is -0.244. The molecule has 0 spiro atoms. The van der Waals surface area contributed by atoms with Crippen molar-refractivity contribution >= 4 is 0 Å². The molecule has 84 valence electrons. The smallest absolute Gasteiger partial charge is 0.123 e. The van der Waals surface area contributed by atoms with Crippen LogP contribution in [-0.4, -0.2) is 17.8 Å². The molecule has 0 amide bonds. The van der Waals surface area contributed by atoms with Crippen LogP contribution in [0.3, 0.4) is 0 Å². The van der Waals surface area contributed by atoms with Gasteiger partial charge < -0.3 is 10.8 Å². The molecule has 3 N–H and O–H groups in total. The lowest BCUT2D eigenvalue weighted by Crippen LogP contribution is -2.28. The zero-order valence-electron chi connectivity index (χ0n) is 8.99. The Kier molecular flexibility index (Phi) is 4.72. The minimum Gasteiger partial charge on any atom is -0.396 e. The summed E-state index contributed by atoms with van der Waals surface area (Å²) in [5.74, 6) is -0.132. The van der Waals surface area contributed by atoms with Gasteiger partial charge in [0.15, 0.2) is 0 Å². The van der Waals surface area contributed by atoms with E-state index >= 15 is 0 Å².